The van der Waals surface area contributed by atoms with E-state index < -0.39 is 0 Å². The van der Waals surface area contributed by atoms with E-state index in [1.54, 1.807) is 6.08 Å². The summed E-state index contributed by atoms with van der Waals surface area (Å²) in [7, 11) is 0. The standard InChI is InChI=1S/C18H23N3O/c1-3-5-11-21-16-9-7-6-8-15(16)19-18(21)14-12-17(22)20(13-14)10-4-2/h4,6-9,14H,2-3,5,10-13H2,1H3/t14-/m0/s1. The number of para-hydroxylation sites is 2. The minimum Gasteiger partial charge on any atom is -0.338 e. The first-order chi connectivity index (χ1) is 10.7. The van der Waals surface area contributed by atoms with Gasteiger partial charge in [0.05, 0.1) is 11.0 Å². The summed E-state index contributed by atoms with van der Waals surface area (Å²) in [4.78, 5) is 18.8. The van der Waals surface area contributed by atoms with Crippen molar-refractivity contribution >= 4 is 16.9 Å². The lowest BCUT2D eigenvalue weighted by Gasteiger charge is -2.15. The van der Waals surface area contributed by atoms with Crippen molar-refractivity contribution in [2.45, 2.75) is 38.6 Å². The second kappa shape index (κ2) is 6.34. The number of hydrogen-bond donors (Lipinski definition) is 0. The van der Waals surface area contributed by atoms with E-state index in [1.807, 2.05) is 11.0 Å². The van der Waals surface area contributed by atoms with Crippen LogP contribution in [0.25, 0.3) is 11.0 Å². The number of aromatic nitrogens is 2. The Bertz CT molecular complexity index is 689. The average molecular weight is 297 g/mol. The fourth-order valence-electron chi connectivity index (χ4n) is 3.23. The van der Waals surface area contributed by atoms with Crippen molar-refractivity contribution in [3.05, 3.63) is 42.7 Å². The highest BCUT2D eigenvalue weighted by molar-refractivity contribution is 5.81. The molecule has 0 aliphatic carbocycles. The van der Waals surface area contributed by atoms with Crippen LogP contribution in [0.3, 0.4) is 0 Å². The van der Waals surface area contributed by atoms with Gasteiger partial charge in [0.25, 0.3) is 0 Å². The monoisotopic (exact) mass is 297 g/mol. The molecule has 3 rings (SSSR count). The first kappa shape index (κ1) is 14.8. The maximum Gasteiger partial charge on any atom is 0.223 e. The van der Waals surface area contributed by atoms with Gasteiger partial charge in [-0.2, -0.15) is 0 Å². The molecule has 1 aromatic carbocycles. The SMILES string of the molecule is C=CCN1C[C@@H](c2nc3ccccc3n2CCCC)CC1=O. The summed E-state index contributed by atoms with van der Waals surface area (Å²) in [5, 5.41) is 0. The summed E-state index contributed by atoms with van der Waals surface area (Å²) in [6, 6.07) is 8.26. The molecule has 2 heterocycles. The van der Waals surface area contributed by atoms with E-state index in [4.69, 9.17) is 4.98 Å². The van der Waals surface area contributed by atoms with Gasteiger partial charge in [-0.1, -0.05) is 31.6 Å². The van der Waals surface area contributed by atoms with Gasteiger partial charge in [-0.3, -0.25) is 4.79 Å². The smallest absolute Gasteiger partial charge is 0.223 e. The molecule has 116 valence electrons. The first-order valence-corrected chi connectivity index (χ1v) is 8.08. The number of hydrogen-bond acceptors (Lipinski definition) is 2. The van der Waals surface area contributed by atoms with Gasteiger partial charge in [-0.25, -0.2) is 4.98 Å². The highest BCUT2D eigenvalue weighted by atomic mass is 16.2. The number of likely N-dealkylation sites (tertiary alicyclic amines) is 1. The Hall–Kier alpha value is -2.10. The van der Waals surface area contributed by atoms with E-state index in [-0.39, 0.29) is 11.8 Å². The molecule has 4 nitrogen and oxygen atoms in total. The van der Waals surface area contributed by atoms with Gasteiger partial charge >= 0.3 is 0 Å². The normalized spacial score (nSPS) is 18.3. The number of fused-ring (bicyclic) bond motifs is 1. The van der Waals surface area contributed by atoms with Gasteiger partial charge < -0.3 is 9.47 Å². The van der Waals surface area contributed by atoms with Crippen LogP contribution in [-0.4, -0.2) is 33.4 Å². The van der Waals surface area contributed by atoms with Gasteiger partial charge in [0.15, 0.2) is 0 Å². The summed E-state index contributed by atoms with van der Waals surface area (Å²) in [6.45, 7) is 8.28. The van der Waals surface area contributed by atoms with E-state index in [9.17, 15) is 4.79 Å². The highest BCUT2D eigenvalue weighted by Gasteiger charge is 2.33. The fourth-order valence-corrected chi connectivity index (χ4v) is 3.23. The Morgan fingerprint density at radius 3 is 3.00 bits per heavy atom. The average Bonchev–Trinajstić information content (AvgIpc) is 3.07. The third-order valence-electron chi connectivity index (χ3n) is 4.35. The van der Waals surface area contributed by atoms with Crippen molar-refractivity contribution in [3.63, 3.8) is 0 Å². The van der Waals surface area contributed by atoms with Crippen LogP contribution in [0.5, 0.6) is 0 Å². The van der Waals surface area contributed by atoms with Crippen molar-refractivity contribution in [2.75, 3.05) is 13.1 Å². The Morgan fingerprint density at radius 2 is 2.23 bits per heavy atom. The van der Waals surface area contributed by atoms with E-state index >= 15 is 0 Å². The quantitative estimate of drug-likeness (QED) is 0.767. The Kier molecular flexibility index (Phi) is 4.27. The van der Waals surface area contributed by atoms with Crippen LogP contribution < -0.4 is 0 Å². The van der Waals surface area contributed by atoms with Gasteiger partial charge in [0.1, 0.15) is 5.82 Å². The predicted molar refractivity (Wildman–Crippen MR) is 88.8 cm³/mol. The lowest BCUT2D eigenvalue weighted by atomic mass is 10.1. The number of carbonyl (C=O) groups is 1. The molecule has 1 atom stereocenters. The largest absolute Gasteiger partial charge is 0.338 e. The molecule has 0 unspecified atom stereocenters. The first-order valence-electron chi connectivity index (χ1n) is 8.08. The van der Waals surface area contributed by atoms with Crippen molar-refractivity contribution < 1.29 is 4.79 Å². The zero-order valence-electron chi connectivity index (χ0n) is 13.2. The summed E-state index contributed by atoms with van der Waals surface area (Å²) in [6.07, 6.45) is 4.63. The minimum atomic E-state index is 0.191. The molecule has 0 radical (unpaired) electrons. The topological polar surface area (TPSA) is 38.1 Å². The summed E-state index contributed by atoms with van der Waals surface area (Å²) < 4.78 is 2.31. The van der Waals surface area contributed by atoms with E-state index in [1.165, 1.54) is 5.52 Å². The van der Waals surface area contributed by atoms with E-state index in [0.29, 0.717) is 13.0 Å². The maximum atomic E-state index is 12.1. The second-order valence-electron chi connectivity index (χ2n) is 5.95. The molecule has 0 spiro atoms. The molecule has 1 aromatic heterocycles. The summed E-state index contributed by atoms with van der Waals surface area (Å²) in [5.74, 6) is 1.46. The van der Waals surface area contributed by atoms with E-state index in [2.05, 4.69) is 36.3 Å². The van der Waals surface area contributed by atoms with Crippen LogP contribution in [0, 0.1) is 0 Å². The zero-order chi connectivity index (χ0) is 15.5. The number of unbranched alkanes of at least 4 members (excludes halogenated alkanes) is 1. The number of carbonyl (C=O) groups excluding carboxylic acids is 1. The molecular formula is C18H23N3O. The maximum absolute atomic E-state index is 12.1. The number of benzene rings is 1. The van der Waals surface area contributed by atoms with Gasteiger partial charge in [-0.15, -0.1) is 6.58 Å². The Morgan fingerprint density at radius 1 is 1.41 bits per heavy atom. The molecule has 1 fully saturated rings. The van der Waals surface area contributed by atoms with Crippen LogP contribution in [0.2, 0.25) is 0 Å². The van der Waals surface area contributed by atoms with Crippen LogP contribution in [0.1, 0.15) is 37.9 Å². The van der Waals surface area contributed by atoms with E-state index in [0.717, 1.165) is 37.3 Å². The van der Waals surface area contributed by atoms with Crippen LogP contribution in [-0.2, 0) is 11.3 Å². The van der Waals surface area contributed by atoms with Gasteiger partial charge in [0.2, 0.25) is 5.91 Å². The zero-order valence-corrected chi connectivity index (χ0v) is 13.2. The summed E-state index contributed by atoms with van der Waals surface area (Å²) in [5.41, 5.74) is 2.21. The molecule has 1 saturated heterocycles. The highest BCUT2D eigenvalue weighted by Crippen LogP contribution is 2.30. The molecule has 0 N–H and O–H groups in total. The number of nitrogens with zero attached hydrogens (tertiary/aromatic N) is 3. The molecule has 1 aliphatic heterocycles. The fraction of sp³-hybridized carbons (Fsp3) is 0.444. The number of imidazole rings is 1. The molecular weight excluding hydrogens is 274 g/mol. The molecule has 0 saturated carbocycles. The molecule has 1 aliphatic rings. The second-order valence-corrected chi connectivity index (χ2v) is 5.95. The van der Waals surface area contributed by atoms with Crippen LogP contribution >= 0.6 is 0 Å². The van der Waals surface area contributed by atoms with Crippen molar-refractivity contribution in [3.8, 4) is 0 Å². The number of aryl methyl sites for hydroxylation is 1. The van der Waals surface area contributed by atoms with Crippen molar-refractivity contribution in [2.24, 2.45) is 0 Å². The van der Waals surface area contributed by atoms with Crippen molar-refractivity contribution in [1.29, 1.82) is 0 Å². The lowest BCUT2D eigenvalue weighted by molar-refractivity contribution is -0.127. The molecule has 2 aromatic rings. The molecule has 4 heteroatoms. The number of rotatable bonds is 6. The van der Waals surface area contributed by atoms with Gasteiger partial charge in [-0.05, 0) is 18.6 Å². The minimum absolute atomic E-state index is 0.191. The summed E-state index contributed by atoms with van der Waals surface area (Å²) >= 11 is 0. The third kappa shape index (κ3) is 2.65. The Balaban J connectivity index is 1.96. The molecule has 0 bridgehead atoms. The number of amides is 1. The lowest BCUT2D eigenvalue weighted by Crippen LogP contribution is -2.25. The predicted octanol–water partition coefficient (Wildman–Crippen LogP) is 3.34. The van der Waals surface area contributed by atoms with Gasteiger partial charge in [0, 0.05) is 32.0 Å². The van der Waals surface area contributed by atoms with Crippen LogP contribution in [0.15, 0.2) is 36.9 Å². The molecule has 1 amide bonds. The Labute approximate surface area is 131 Å². The molecule has 22 heavy (non-hydrogen) atoms. The van der Waals surface area contributed by atoms with Crippen molar-refractivity contribution in [1.82, 2.24) is 14.5 Å². The third-order valence-corrected chi connectivity index (χ3v) is 4.35. The van der Waals surface area contributed by atoms with Crippen LogP contribution in [0.4, 0.5) is 0 Å².